The Bertz CT molecular complexity index is 1550. The van der Waals surface area contributed by atoms with Crippen LogP contribution in [0.2, 0.25) is 0 Å². The molecule has 0 aliphatic carbocycles. The van der Waals surface area contributed by atoms with Crippen LogP contribution in [-0.4, -0.2) is 38.6 Å². The van der Waals surface area contributed by atoms with Crippen LogP contribution in [-0.2, 0) is 15.6 Å². The number of hydrogen-bond acceptors (Lipinski definition) is 6. The highest BCUT2D eigenvalue weighted by Crippen LogP contribution is 2.44. The van der Waals surface area contributed by atoms with Crippen LogP contribution >= 0.6 is 0 Å². The van der Waals surface area contributed by atoms with Crippen molar-refractivity contribution in [1.29, 1.82) is 0 Å². The van der Waals surface area contributed by atoms with Gasteiger partial charge in [-0.15, -0.1) is 10.2 Å². The predicted molar refractivity (Wildman–Crippen MR) is 116 cm³/mol. The average Bonchev–Trinajstić information content (AvgIpc) is 3.25. The molecule has 2 aromatic carbocycles. The predicted octanol–water partition coefficient (Wildman–Crippen LogP) is 3.65. The van der Waals surface area contributed by atoms with Crippen molar-refractivity contribution >= 4 is 26.6 Å². The van der Waals surface area contributed by atoms with Crippen LogP contribution in [0.25, 0.3) is 27.7 Å². The van der Waals surface area contributed by atoms with Gasteiger partial charge in [0.1, 0.15) is 17.5 Å². The van der Waals surface area contributed by atoms with Crippen molar-refractivity contribution in [2.75, 3.05) is 11.6 Å². The molecule has 0 amide bonds. The fourth-order valence-electron chi connectivity index (χ4n) is 4.45. The van der Waals surface area contributed by atoms with E-state index in [1.165, 1.54) is 18.3 Å². The van der Waals surface area contributed by atoms with Gasteiger partial charge in [0.25, 0.3) is 10.0 Å². The Balaban J connectivity index is 1.87. The second-order valence-electron chi connectivity index (χ2n) is 8.55. The van der Waals surface area contributed by atoms with E-state index in [4.69, 9.17) is 0 Å². The third kappa shape index (κ3) is 2.77. The van der Waals surface area contributed by atoms with Gasteiger partial charge in [0.05, 0.1) is 34.9 Å². The maximum absolute atomic E-state index is 15.5. The lowest BCUT2D eigenvalue weighted by atomic mass is 9.92. The zero-order chi connectivity index (χ0) is 23.2. The second-order valence-corrected chi connectivity index (χ2v) is 10.4. The summed E-state index contributed by atoms with van der Waals surface area (Å²) in [6.07, 6.45) is 2.28. The molecule has 0 saturated carbocycles. The first-order valence-corrected chi connectivity index (χ1v) is 11.7. The summed E-state index contributed by atoms with van der Waals surface area (Å²) in [6.45, 7) is 7.39. The zero-order valence-electron chi connectivity index (χ0n) is 18.0. The highest BCUT2D eigenvalue weighted by atomic mass is 32.2. The number of aryl methyl sites for hydroxylation is 1. The van der Waals surface area contributed by atoms with Gasteiger partial charge >= 0.3 is 0 Å². The molecule has 0 bridgehead atoms. The summed E-state index contributed by atoms with van der Waals surface area (Å²) in [5.41, 5.74) is 1.57. The largest absolute Gasteiger partial charge is 0.371 e. The SMILES string of the molecule is Cc1c(-c2cc(F)cc3c2cnn3S(C)(=O)=O)c(F)cc2c1-n1c(C)nnc1C(C)(C)N2. The van der Waals surface area contributed by atoms with E-state index in [-0.39, 0.29) is 16.6 Å². The van der Waals surface area contributed by atoms with Crippen LogP contribution in [0.1, 0.15) is 31.1 Å². The van der Waals surface area contributed by atoms with E-state index >= 15 is 4.39 Å². The van der Waals surface area contributed by atoms with Crippen molar-refractivity contribution in [2.24, 2.45) is 0 Å². The highest BCUT2D eigenvalue weighted by Gasteiger charge is 2.36. The van der Waals surface area contributed by atoms with Gasteiger partial charge < -0.3 is 5.32 Å². The minimum Gasteiger partial charge on any atom is -0.371 e. The van der Waals surface area contributed by atoms with Gasteiger partial charge in [-0.05, 0) is 51.0 Å². The number of benzene rings is 2. The Kier molecular flexibility index (Phi) is 4.08. The topological polar surface area (TPSA) is 94.7 Å². The fourth-order valence-corrected chi connectivity index (χ4v) is 5.18. The number of hydrogen-bond donors (Lipinski definition) is 1. The van der Waals surface area contributed by atoms with Crippen LogP contribution in [0.5, 0.6) is 0 Å². The molecule has 0 radical (unpaired) electrons. The van der Waals surface area contributed by atoms with E-state index in [1.54, 1.807) is 13.8 Å². The van der Waals surface area contributed by atoms with Crippen molar-refractivity contribution in [3.8, 4) is 16.8 Å². The number of nitrogens with zero attached hydrogens (tertiary/aromatic N) is 5. The molecule has 0 unspecified atom stereocenters. The number of aromatic nitrogens is 5. The molecule has 2 aromatic heterocycles. The van der Waals surface area contributed by atoms with Crippen molar-refractivity contribution in [1.82, 2.24) is 24.0 Å². The van der Waals surface area contributed by atoms with Crippen LogP contribution in [0.3, 0.4) is 0 Å². The molecule has 166 valence electrons. The molecule has 0 atom stereocenters. The van der Waals surface area contributed by atoms with E-state index in [2.05, 4.69) is 20.6 Å². The number of halogens is 2. The third-order valence-electron chi connectivity index (χ3n) is 5.75. The van der Waals surface area contributed by atoms with Crippen LogP contribution in [0.4, 0.5) is 14.5 Å². The summed E-state index contributed by atoms with van der Waals surface area (Å²) in [7, 11) is -3.77. The van der Waals surface area contributed by atoms with Gasteiger partial charge in [-0.25, -0.2) is 17.2 Å². The molecule has 11 heteroatoms. The van der Waals surface area contributed by atoms with Crippen molar-refractivity contribution in [3.05, 3.63) is 53.2 Å². The van der Waals surface area contributed by atoms with Gasteiger partial charge in [-0.3, -0.25) is 4.57 Å². The highest BCUT2D eigenvalue weighted by molar-refractivity contribution is 7.89. The molecule has 3 heterocycles. The molecular weight excluding hydrogens is 438 g/mol. The van der Waals surface area contributed by atoms with Crippen LogP contribution in [0, 0.1) is 25.5 Å². The van der Waals surface area contributed by atoms with Gasteiger partial charge in [0.15, 0.2) is 5.82 Å². The summed E-state index contributed by atoms with van der Waals surface area (Å²) in [6, 6.07) is 3.62. The molecule has 0 saturated heterocycles. The Morgan fingerprint density at radius 3 is 2.50 bits per heavy atom. The number of fused-ring (bicyclic) bond motifs is 4. The summed E-state index contributed by atoms with van der Waals surface area (Å²) < 4.78 is 56.9. The third-order valence-corrected chi connectivity index (χ3v) is 6.67. The minimum absolute atomic E-state index is 0.0412. The Hall–Kier alpha value is -3.34. The Morgan fingerprint density at radius 1 is 1.09 bits per heavy atom. The first kappa shape index (κ1) is 20.6. The monoisotopic (exact) mass is 458 g/mol. The molecule has 8 nitrogen and oxygen atoms in total. The van der Waals surface area contributed by atoms with Crippen molar-refractivity contribution in [2.45, 2.75) is 33.2 Å². The normalized spacial score (nSPS) is 14.8. The summed E-state index contributed by atoms with van der Waals surface area (Å²) in [5.74, 6) is 0.0239. The molecule has 0 spiro atoms. The zero-order valence-corrected chi connectivity index (χ0v) is 18.8. The van der Waals surface area contributed by atoms with Crippen molar-refractivity contribution in [3.63, 3.8) is 0 Å². The van der Waals surface area contributed by atoms with E-state index in [9.17, 15) is 12.8 Å². The van der Waals surface area contributed by atoms with Gasteiger partial charge in [0.2, 0.25) is 0 Å². The first-order valence-electron chi connectivity index (χ1n) is 9.82. The van der Waals surface area contributed by atoms with E-state index in [0.29, 0.717) is 34.0 Å². The Labute approximate surface area is 182 Å². The average molecular weight is 458 g/mol. The van der Waals surface area contributed by atoms with Gasteiger partial charge in [-0.2, -0.15) is 9.19 Å². The maximum atomic E-state index is 15.5. The molecule has 1 aliphatic heterocycles. The Morgan fingerprint density at radius 2 is 1.81 bits per heavy atom. The van der Waals surface area contributed by atoms with Crippen LogP contribution in [0.15, 0.2) is 24.4 Å². The lowest BCUT2D eigenvalue weighted by Crippen LogP contribution is -2.36. The standard InChI is InChI=1S/C21H20F2N6O2S/c1-10-18(13-6-12(22)7-17-14(13)9-24-29(17)32(5,30)31)15(23)8-16-19(10)28-11(2)26-27-20(28)21(3,4)25-16/h6-9,25H,1-5H3. The second kappa shape index (κ2) is 6.35. The summed E-state index contributed by atoms with van der Waals surface area (Å²) in [5, 5.41) is 16.0. The number of anilines is 1. The van der Waals surface area contributed by atoms with E-state index in [0.717, 1.165) is 16.4 Å². The summed E-state index contributed by atoms with van der Waals surface area (Å²) in [4.78, 5) is 0. The lowest BCUT2D eigenvalue weighted by molar-refractivity contribution is 0.532. The maximum Gasteiger partial charge on any atom is 0.251 e. The number of nitrogens with one attached hydrogen (secondary N) is 1. The molecule has 0 fully saturated rings. The minimum atomic E-state index is -3.77. The molecular formula is C21H20F2N6O2S. The smallest absolute Gasteiger partial charge is 0.251 e. The van der Waals surface area contributed by atoms with E-state index in [1.807, 2.05) is 18.4 Å². The summed E-state index contributed by atoms with van der Waals surface area (Å²) >= 11 is 0. The van der Waals surface area contributed by atoms with Crippen molar-refractivity contribution < 1.29 is 17.2 Å². The molecule has 4 aromatic rings. The first-order chi connectivity index (χ1) is 14.9. The van der Waals surface area contributed by atoms with Crippen LogP contribution < -0.4 is 5.32 Å². The molecule has 5 rings (SSSR count). The lowest BCUT2D eigenvalue weighted by Gasteiger charge is -2.35. The quantitative estimate of drug-likeness (QED) is 0.493. The number of rotatable bonds is 2. The molecule has 1 aliphatic rings. The van der Waals surface area contributed by atoms with Gasteiger partial charge in [0, 0.05) is 17.0 Å². The molecule has 32 heavy (non-hydrogen) atoms. The molecule has 1 N–H and O–H groups in total. The fraction of sp³-hybridized carbons (Fsp3) is 0.286. The van der Waals surface area contributed by atoms with E-state index < -0.39 is 27.2 Å². The van der Waals surface area contributed by atoms with Gasteiger partial charge in [-0.1, -0.05) is 0 Å².